The third-order valence-electron chi connectivity index (χ3n) is 5.52. The van der Waals surface area contributed by atoms with Crippen LogP contribution in [0.3, 0.4) is 0 Å². The molecule has 2 aliphatic rings. The highest BCUT2D eigenvalue weighted by molar-refractivity contribution is 6.30. The number of nitrogens with zero attached hydrogens (tertiary/aromatic N) is 1. The minimum atomic E-state index is -0.167. The van der Waals surface area contributed by atoms with Crippen molar-refractivity contribution in [2.24, 2.45) is 4.99 Å². The third kappa shape index (κ3) is 4.46. The van der Waals surface area contributed by atoms with Crippen LogP contribution >= 0.6 is 11.6 Å². The minimum absolute atomic E-state index is 0.167. The van der Waals surface area contributed by atoms with E-state index in [9.17, 15) is 0 Å². The highest BCUT2D eigenvalue weighted by atomic mass is 35.5. The van der Waals surface area contributed by atoms with Crippen molar-refractivity contribution in [1.29, 1.82) is 0 Å². The number of rotatable bonds is 6. The number of nitrogens with one attached hydrogen (secondary N) is 2. The Bertz CT molecular complexity index is 610. The molecule has 1 aromatic carbocycles. The quantitative estimate of drug-likeness (QED) is 0.601. The zero-order valence-corrected chi connectivity index (χ0v) is 15.9. The molecule has 1 heterocycles. The zero-order chi connectivity index (χ0) is 17.8. The summed E-state index contributed by atoms with van der Waals surface area (Å²) in [7, 11) is 3.58. The Kier molecular flexibility index (Phi) is 5.87. The second kappa shape index (κ2) is 7.94. The molecule has 0 aromatic heterocycles. The van der Waals surface area contributed by atoms with Gasteiger partial charge in [0.1, 0.15) is 0 Å². The van der Waals surface area contributed by atoms with Crippen LogP contribution in [-0.4, -0.2) is 52.0 Å². The summed E-state index contributed by atoms with van der Waals surface area (Å²) in [4.78, 5) is 4.36. The van der Waals surface area contributed by atoms with Crippen molar-refractivity contribution < 1.29 is 9.47 Å². The van der Waals surface area contributed by atoms with Gasteiger partial charge in [-0.1, -0.05) is 23.7 Å². The van der Waals surface area contributed by atoms with E-state index >= 15 is 0 Å². The lowest BCUT2D eigenvalue weighted by molar-refractivity contribution is -0.0855. The van der Waals surface area contributed by atoms with Crippen molar-refractivity contribution in [2.75, 3.05) is 40.5 Å². The monoisotopic (exact) mass is 365 g/mol. The van der Waals surface area contributed by atoms with Gasteiger partial charge in [-0.25, -0.2) is 0 Å². The molecule has 1 aliphatic carbocycles. The average molecular weight is 366 g/mol. The molecular weight excluding hydrogens is 338 g/mol. The van der Waals surface area contributed by atoms with E-state index in [2.05, 4.69) is 27.8 Å². The van der Waals surface area contributed by atoms with Crippen molar-refractivity contribution in [3.63, 3.8) is 0 Å². The van der Waals surface area contributed by atoms with E-state index in [0.717, 1.165) is 50.1 Å². The zero-order valence-electron chi connectivity index (χ0n) is 15.1. The topological polar surface area (TPSA) is 54.9 Å². The van der Waals surface area contributed by atoms with Gasteiger partial charge in [-0.05, 0) is 30.5 Å². The minimum Gasteiger partial charge on any atom is -0.381 e. The molecule has 6 heteroatoms. The lowest BCUT2D eigenvalue weighted by Crippen LogP contribution is -2.51. The van der Waals surface area contributed by atoms with E-state index in [0.29, 0.717) is 0 Å². The van der Waals surface area contributed by atoms with Gasteiger partial charge in [0, 0.05) is 63.7 Å². The smallest absolute Gasteiger partial charge is 0.191 e. The Labute approximate surface area is 155 Å². The van der Waals surface area contributed by atoms with Gasteiger partial charge in [-0.2, -0.15) is 0 Å². The first-order chi connectivity index (χ1) is 12.1. The number of methoxy groups -OCH3 is 1. The van der Waals surface area contributed by atoms with Gasteiger partial charge in [0.2, 0.25) is 0 Å². The Hall–Kier alpha value is -1.30. The molecule has 0 spiro atoms. The van der Waals surface area contributed by atoms with E-state index in [1.54, 1.807) is 14.2 Å². The molecule has 1 aliphatic heterocycles. The van der Waals surface area contributed by atoms with Crippen molar-refractivity contribution in [3.05, 3.63) is 34.9 Å². The first-order valence-electron chi connectivity index (χ1n) is 8.95. The first-order valence-corrected chi connectivity index (χ1v) is 9.33. The summed E-state index contributed by atoms with van der Waals surface area (Å²) in [5.41, 5.74) is 1.32. The largest absolute Gasteiger partial charge is 0.381 e. The summed E-state index contributed by atoms with van der Waals surface area (Å²) in [5, 5.41) is 7.71. The van der Waals surface area contributed by atoms with E-state index < -0.39 is 0 Å². The van der Waals surface area contributed by atoms with Gasteiger partial charge in [-0.15, -0.1) is 0 Å². The number of benzene rings is 1. The Morgan fingerprint density at radius 2 is 1.92 bits per heavy atom. The molecule has 1 saturated heterocycles. The van der Waals surface area contributed by atoms with E-state index in [1.165, 1.54) is 18.4 Å². The Morgan fingerprint density at radius 3 is 2.52 bits per heavy atom. The van der Waals surface area contributed by atoms with Crippen LogP contribution in [0.15, 0.2) is 29.3 Å². The number of halogens is 1. The number of guanidine groups is 1. The summed E-state index contributed by atoms with van der Waals surface area (Å²) < 4.78 is 11.2. The van der Waals surface area contributed by atoms with E-state index in [4.69, 9.17) is 21.1 Å². The maximum atomic E-state index is 6.16. The Morgan fingerprint density at radius 1 is 1.20 bits per heavy atom. The molecule has 2 fully saturated rings. The van der Waals surface area contributed by atoms with Crippen molar-refractivity contribution >= 4 is 17.6 Å². The van der Waals surface area contributed by atoms with Gasteiger partial charge < -0.3 is 20.1 Å². The molecule has 1 aromatic rings. The van der Waals surface area contributed by atoms with Crippen molar-refractivity contribution in [1.82, 2.24) is 10.6 Å². The normalized spacial score (nSPS) is 21.6. The maximum absolute atomic E-state index is 6.16. The predicted molar refractivity (Wildman–Crippen MR) is 102 cm³/mol. The lowest BCUT2D eigenvalue weighted by atomic mass is 9.94. The van der Waals surface area contributed by atoms with E-state index in [1.807, 2.05) is 12.1 Å². The summed E-state index contributed by atoms with van der Waals surface area (Å²) in [6.07, 6.45) is 4.16. The van der Waals surface area contributed by atoms with Crippen LogP contribution in [0.1, 0.15) is 31.2 Å². The molecule has 2 N–H and O–H groups in total. The SMILES string of the molecule is CN=C(NCC1(OC)CCOCC1)NCC1(c2cccc(Cl)c2)CC1. The second-order valence-electron chi connectivity index (χ2n) is 7.07. The number of aliphatic imine (C=N–C) groups is 1. The molecule has 0 unspecified atom stereocenters. The predicted octanol–water partition coefficient (Wildman–Crippen LogP) is 2.73. The summed E-state index contributed by atoms with van der Waals surface area (Å²) in [6.45, 7) is 3.09. The molecule has 0 atom stereocenters. The van der Waals surface area contributed by atoms with Crippen LogP contribution in [0.4, 0.5) is 0 Å². The van der Waals surface area contributed by atoms with Crippen LogP contribution in [0.25, 0.3) is 0 Å². The second-order valence-corrected chi connectivity index (χ2v) is 7.51. The third-order valence-corrected chi connectivity index (χ3v) is 5.76. The lowest BCUT2D eigenvalue weighted by Gasteiger charge is -2.36. The number of hydrogen-bond acceptors (Lipinski definition) is 3. The Balaban J connectivity index is 1.54. The fourth-order valence-corrected chi connectivity index (χ4v) is 3.64. The highest BCUT2D eigenvalue weighted by Gasteiger charge is 2.44. The summed E-state index contributed by atoms with van der Waals surface area (Å²) >= 11 is 6.16. The van der Waals surface area contributed by atoms with E-state index in [-0.39, 0.29) is 11.0 Å². The fraction of sp³-hybridized carbons (Fsp3) is 0.632. The van der Waals surface area contributed by atoms with Crippen molar-refractivity contribution in [3.8, 4) is 0 Å². The standard InChI is InChI=1S/C19H28ClN3O2/c1-21-17(23-14-19(24-2)8-10-25-11-9-19)22-13-18(6-7-18)15-4-3-5-16(20)12-15/h3-5,12H,6-11,13-14H2,1-2H3,(H2,21,22,23). The van der Waals surface area contributed by atoms with Gasteiger partial charge >= 0.3 is 0 Å². The number of hydrogen-bond donors (Lipinski definition) is 2. The molecular formula is C19H28ClN3O2. The maximum Gasteiger partial charge on any atom is 0.191 e. The van der Waals surface area contributed by atoms with Crippen molar-refractivity contribution in [2.45, 2.75) is 36.7 Å². The molecule has 25 heavy (non-hydrogen) atoms. The first kappa shape index (κ1) is 18.5. The van der Waals surface area contributed by atoms with Gasteiger partial charge in [0.05, 0.1) is 5.60 Å². The molecule has 0 amide bonds. The fourth-order valence-electron chi connectivity index (χ4n) is 3.45. The van der Waals surface area contributed by atoms with Gasteiger partial charge in [-0.3, -0.25) is 4.99 Å². The number of ether oxygens (including phenoxy) is 2. The molecule has 5 nitrogen and oxygen atoms in total. The van der Waals surface area contributed by atoms with Crippen LogP contribution in [-0.2, 0) is 14.9 Å². The van der Waals surface area contributed by atoms with Gasteiger partial charge in [0.15, 0.2) is 5.96 Å². The van der Waals surface area contributed by atoms with Crippen LogP contribution in [0.2, 0.25) is 5.02 Å². The molecule has 1 saturated carbocycles. The van der Waals surface area contributed by atoms with Crippen LogP contribution in [0, 0.1) is 0 Å². The van der Waals surface area contributed by atoms with Crippen LogP contribution < -0.4 is 10.6 Å². The van der Waals surface area contributed by atoms with Crippen LogP contribution in [0.5, 0.6) is 0 Å². The average Bonchev–Trinajstić information content (AvgIpc) is 3.44. The van der Waals surface area contributed by atoms with Gasteiger partial charge in [0.25, 0.3) is 0 Å². The highest BCUT2D eigenvalue weighted by Crippen LogP contribution is 2.48. The molecule has 0 bridgehead atoms. The summed E-state index contributed by atoms with van der Waals surface area (Å²) in [6, 6.07) is 8.19. The molecule has 0 radical (unpaired) electrons. The molecule has 3 rings (SSSR count). The summed E-state index contributed by atoms with van der Waals surface area (Å²) in [5.74, 6) is 0.816. The molecule has 138 valence electrons.